The molecule has 0 fully saturated rings. The van der Waals surface area contributed by atoms with Crippen molar-refractivity contribution in [2.24, 2.45) is 0 Å². The lowest BCUT2D eigenvalue weighted by Crippen LogP contribution is -2.22. The van der Waals surface area contributed by atoms with Crippen molar-refractivity contribution < 1.29 is 24.1 Å². The molecule has 0 bridgehead atoms. The molecular weight excluding hydrogens is 416 g/mol. The number of methoxy groups -OCH3 is 4. The minimum absolute atomic E-state index is 0.191. The van der Waals surface area contributed by atoms with E-state index in [-0.39, 0.29) is 5.75 Å². The number of phenols is 1. The number of aromatic hydroxyl groups is 1. The first-order valence-corrected chi connectivity index (χ1v) is 10.7. The molecule has 0 amide bonds. The zero-order chi connectivity index (χ0) is 23.3. The summed E-state index contributed by atoms with van der Waals surface area (Å²) in [7, 11) is 6.59. The molecule has 0 radical (unpaired) electrons. The van der Waals surface area contributed by atoms with E-state index in [2.05, 4.69) is 12.1 Å². The van der Waals surface area contributed by atoms with Crippen LogP contribution in [-0.2, 0) is 10.3 Å². The summed E-state index contributed by atoms with van der Waals surface area (Å²) in [5, 5.41) is 12.8. The largest absolute Gasteiger partial charge is 0.507 e. The number of ether oxygens (including phenoxy) is 4. The quantitative estimate of drug-likeness (QED) is 0.403. The standard InChI is InChI=1S/C28H26O5/c1-28(33-5)22-9-7-6-8-18(22)27-21-14-26(32-4)20(13-19(21)24(29)15-23(27)28)17-11-10-16(30-2)12-25(17)31-3/h6-15,29H,1-5H3. The molecular formula is C28H26O5. The molecule has 0 saturated carbocycles. The predicted molar refractivity (Wildman–Crippen MR) is 130 cm³/mol. The summed E-state index contributed by atoms with van der Waals surface area (Å²) < 4.78 is 22.8. The molecule has 168 valence electrons. The van der Waals surface area contributed by atoms with Gasteiger partial charge in [-0.3, -0.25) is 0 Å². The summed E-state index contributed by atoms with van der Waals surface area (Å²) in [5.74, 6) is 2.23. The Labute approximate surface area is 193 Å². The van der Waals surface area contributed by atoms with Crippen molar-refractivity contribution in [2.75, 3.05) is 28.4 Å². The van der Waals surface area contributed by atoms with Crippen LogP contribution in [0.15, 0.2) is 60.7 Å². The summed E-state index contributed by atoms with van der Waals surface area (Å²) >= 11 is 0. The van der Waals surface area contributed by atoms with Gasteiger partial charge in [-0.05, 0) is 59.3 Å². The average molecular weight is 443 g/mol. The van der Waals surface area contributed by atoms with E-state index in [1.54, 1.807) is 28.4 Å². The van der Waals surface area contributed by atoms with Gasteiger partial charge < -0.3 is 24.1 Å². The van der Waals surface area contributed by atoms with Gasteiger partial charge in [0.25, 0.3) is 0 Å². The van der Waals surface area contributed by atoms with Gasteiger partial charge in [-0.25, -0.2) is 0 Å². The van der Waals surface area contributed by atoms with Crippen LogP contribution in [0.2, 0.25) is 0 Å². The Hall–Kier alpha value is -3.70. The number of hydrogen-bond donors (Lipinski definition) is 1. The molecule has 5 heteroatoms. The topological polar surface area (TPSA) is 57.2 Å². The third-order valence-corrected chi connectivity index (χ3v) is 6.77. The molecule has 33 heavy (non-hydrogen) atoms. The zero-order valence-corrected chi connectivity index (χ0v) is 19.4. The molecule has 0 aliphatic heterocycles. The molecule has 1 unspecified atom stereocenters. The van der Waals surface area contributed by atoms with E-state index in [4.69, 9.17) is 18.9 Å². The number of phenolic OH excluding ortho intramolecular Hbond substituents is 1. The lowest BCUT2D eigenvalue weighted by Gasteiger charge is -2.26. The minimum Gasteiger partial charge on any atom is -0.507 e. The third kappa shape index (κ3) is 2.96. The van der Waals surface area contributed by atoms with E-state index in [0.29, 0.717) is 17.2 Å². The summed E-state index contributed by atoms with van der Waals surface area (Å²) in [6, 6.07) is 19.6. The average Bonchev–Trinajstić information content (AvgIpc) is 3.11. The monoisotopic (exact) mass is 442 g/mol. The van der Waals surface area contributed by atoms with Crippen LogP contribution in [0.3, 0.4) is 0 Å². The van der Waals surface area contributed by atoms with Crippen molar-refractivity contribution in [1.29, 1.82) is 0 Å². The Kier molecular flexibility index (Phi) is 4.94. The van der Waals surface area contributed by atoms with Gasteiger partial charge in [-0.15, -0.1) is 0 Å². The highest BCUT2D eigenvalue weighted by molar-refractivity contribution is 6.07. The number of rotatable bonds is 5. The Morgan fingerprint density at radius 3 is 2.09 bits per heavy atom. The molecule has 0 saturated heterocycles. The SMILES string of the molecule is COc1ccc(-c2cc3c(O)cc4c(c3cc2OC)-c2ccccc2C4(C)OC)c(OC)c1. The fraction of sp³-hybridized carbons (Fsp3) is 0.214. The van der Waals surface area contributed by atoms with E-state index in [0.717, 1.165) is 44.2 Å². The molecule has 4 aromatic carbocycles. The van der Waals surface area contributed by atoms with Crippen LogP contribution in [-0.4, -0.2) is 33.5 Å². The first-order chi connectivity index (χ1) is 16.0. The van der Waals surface area contributed by atoms with Crippen molar-refractivity contribution >= 4 is 10.8 Å². The fourth-order valence-electron chi connectivity index (χ4n) is 4.98. The van der Waals surface area contributed by atoms with Crippen LogP contribution in [0.25, 0.3) is 33.0 Å². The zero-order valence-electron chi connectivity index (χ0n) is 19.4. The second kappa shape index (κ2) is 7.71. The van der Waals surface area contributed by atoms with Gasteiger partial charge in [0.05, 0.1) is 21.3 Å². The van der Waals surface area contributed by atoms with Gasteiger partial charge in [-0.2, -0.15) is 0 Å². The van der Waals surface area contributed by atoms with Crippen LogP contribution >= 0.6 is 0 Å². The molecule has 0 heterocycles. The second-order valence-corrected chi connectivity index (χ2v) is 8.27. The maximum atomic E-state index is 11.1. The van der Waals surface area contributed by atoms with E-state index in [9.17, 15) is 5.11 Å². The molecule has 0 aromatic heterocycles. The highest BCUT2D eigenvalue weighted by Gasteiger charge is 2.41. The van der Waals surface area contributed by atoms with Gasteiger partial charge in [0.15, 0.2) is 0 Å². The number of hydrogen-bond acceptors (Lipinski definition) is 5. The highest BCUT2D eigenvalue weighted by atomic mass is 16.5. The Morgan fingerprint density at radius 2 is 1.39 bits per heavy atom. The van der Waals surface area contributed by atoms with Gasteiger partial charge >= 0.3 is 0 Å². The Bertz CT molecular complexity index is 1390. The molecule has 4 aromatic rings. The molecule has 1 aliphatic carbocycles. The number of benzene rings is 4. The second-order valence-electron chi connectivity index (χ2n) is 8.27. The molecule has 1 aliphatic rings. The van der Waals surface area contributed by atoms with Crippen molar-refractivity contribution in [1.82, 2.24) is 0 Å². The van der Waals surface area contributed by atoms with Crippen molar-refractivity contribution in [3.05, 3.63) is 71.8 Å². The van der Waals surface area contributed by atoms with Crippen LogP contribution in [0.4, 0.5) is 0 Å². The summed E-state index contributed by atoms with van der Waals surface area (Å²) in [4.78, 5) is 0. The fourth-order valence-corrected chi connectivity index (χ4v) is 4.98. The van der Waals surface area contributed by atoms with Gasteiger partial charge in [0, 0.05) is 35.3 Å². The van der Waals surface area contributed by atoms with Crippen molar-refractivity contribution in [3.8, 4) is 45.3 Å². The smallest absolute Gasteiger partial charge is 0.130 e. The van der Waals surface area contributed by atoms with Crippen molar-refractivity contribution in [2.45, 2.75) is 12.5 Å². The van der Waals surface area contributed by atoms with Crippen molar-refractivity contribution in [3.63, 3.8) is 0 Å². The summed E-state index contributed by atoms with van der Waals surface area (Å²) in [5.41, 5.74) is 5.18. The van der Waals surface area contributed by atoms with Crippen LogP contribution in [0.1, 0.15) is 18.1 Å². The predicted octanol–water partition coefficient (Wildman–Crippen LogP) is 6.13. The van der Waals surface area contributed by atoms with Crippen LogP contribution in [0.5, 0.6) is 23.0 Å². The Morgan fingerprint density at radius 1 is 0.667 bits per heavy atom. The number of fused-ring (bicyclic) bond motifs is 5. The summed E-state index contributed by atoms with van der Waals surface area (Å²) in [6.45, 7) is 2.04. The first-order valence-electron chi connectivity index (χ1n) is 10.7. The molecule has 5 rings (SSSR count). The summed E-state index contributed by atoms with van der Waals surface area (Å²) in [6.07, 6.45) is 0. The van der Waals surface area contributed by atoms with Crippen LogP contribution in [0, 0.1) is 0 Å². The molecule has 5 nitrogen and oxygen atoms in total. The molecule has 0 spiro atoms. The van der Waals surface area contributed by atoms with E-state index in [1.165, 1.54) is 0 Å². The normalized spacial score (nSPS) is 16.4. The third-order valence-electron chi connectivity index (χ3n) is 6.77. The van der Waals surface area contributed by atoms with E-state index < -0.39 is 5.60 Å². The van der Waals surface area contributed by atoms with Gasteiger partial charge in [0.1, 0.15) is 28.6 Å². The van der Waals surface area contributed by atoms with Crippen LogP contribution < -0.4 is 14.2 Å². The lowest BCUT2D eigenvalue weighted by atomic mass is 9.90. The van der Waals surface area contributed by atoms with E-state index >= 15 is 0 Å². The molecule has 1 N–H and O–H groups in total. The van der Waals surface area contributed by atoms with E-state index in [1.807, 2.05) is 55.5 Å². The lowest BCUT2D eigenvalue weighted by molar-refractivity contribution is 0.0429. The first kappa shape index (κ1) is 21.2. The maximum Gasteiger partial charge on any atom is 0.130 e. The highest BCUT2D eigenvalue weighted by Crippen LogP contribution is 2.54. The minimum atomic E-state index is -0.650. The van der Waals surface area contributed by atoms with Gasteiger partial charge in [0.2, 0.25) is 0 Å². The maximum absolute atomic E-state index is 11.1. The Balaban J connectivity index is 1.84. The molecule has 1 atom stereocenters. The van der Waals surface area contributed by atoms with Gasteiger partial charge in [-0.1, -0.05) is 24.3 Å².